The molecule has 1 heterocycles. The van der Waals surface area contributed by atoms with E-state index in [-0.39, 0.29) is 24.0 Å². The highest BCUT2D eigenvalue weighted by atomic mass is 19.1. The summed E-state index contributed by atoms with van der Waals surface area (Å²) in [5.41, 5.74) is 1.86. The van der Waals surface area contributed by atoms with Crippen molar-refractivity contribution in [2.24, 2.45) is 0 Å². The number of ether oxygens (including phenoxy) is 1. The first-order valence-electron chi connectivity index (χ1n) is 8.32. The minimum absolute atomic E-state index is 0.112. The van der Waals surface area contributed by atoms with Crippen molar-refractivity contribution in [3.63, 3.8) is 0 Å². The Morgan fingerprint density at radius 2 is 1.81 bits per heavy atom. The van der Waals surface area contributed by atoms with Gasteiger partial charge in [-0.15, -0.1) is 0 Å². The van der Waals surface area contributed by atoms with Gasteiger partial charge in [0.15, 0.2) is 12.2 Å². The van der Waals surface area contributed by atoms with Crippen molar-refractivity contribution in [1.82, 2.24) is 4.98 Å². The second kappa shape index (κ2) is 7.29. The van der Waals surface area contributed by atoms with E-state index >= 15 is 0 Å². The van der Waals surface area contributed by atoms with E-state index in [1.165, 1.54) is 6.07 Å². The summed E-state index contributed by atoms with van der Waals surface area (Å²) in [4.78, 5) is 16.4. The van der Waals surface area contributed by atoms with Crippen LogP contribution in [0, 0.1) is 5.82 Å². The van der Waals surface area contributed by atoms with Crippen LogP contribution in [0.3, 0.4) is 0 Å². The largest absolute Gasteiger partial charge is 0.484 e. The number of carbonyl (C=O) groups excluding carboxylic acids is 1. The zero-order chi connectivity index (χ0) is 18.6. The lowest BCUT2D eigenvalue weighted by atomic mass is 10.2. The molecule has 0 aliphatic rings. The quantitative estimate of drug-likeness (QED) is 0.561. The molecule has 1 N–H and O–H groups in total. The summed E-state index contributed by atoms with van der Waals surface area (Å²) in [6.45, 7) is -0.112. The number of halogens is 1. The average Bonchev–Trinajstić information content (AvgIpc) is 3.10. The van der Waals surface area contributed by atoms with Crippen LogP contribution >= 0.6 is 0 Å². The van der Waals surface area contributed by atoms with Gasteiger partial charge in [-0.1, -0.05) is 30.3 Å². The Morgan fingerprint density at radius 1 is 1.04 bits per heavy atom. The first kappa shape index (κ1) is 16.8. The number of rotatable bonds is 5. The number of hydrogen-bond donors (Lipinski definition) is 1. The summed E-state index contributed by atoms with van der Waals surface area (Å²) < 4.78 is 25.0. The zero-order valence-corrected chi connectivity index (χ0v) is 14.2. The van der Waals surface area contributed by atoms with Crippen molar-refractivity contribution >= 4 is 22.7 Å². The number of anilines is 1. The molecular weight excluding hydrogens is 347 g/mol. The second-order valence-electron chi connectivity index (χ2n) is 5.83. The third-order valence-electron chi connectivity index (χ3n) is 3.89. The van der Waals surface area contributed by atoms with E-state index in [4.69, 9.17) is 9.15 Å². The van der Waals surface area contributed by atoms with Crippen LogP contribution in [0.5, 0.6) is 5.75 Å². The Morgan fingerprint density at radius 3 is 2.63 bits per heavy atom. The van der Waals surface area contributed by atoms with Crippen LogP contribution in [0.25, 0.3) is 22.6 Å². The van der Waals surface area contributed by atoms with Crippen LogP contribution in [-0.4, -0.2) is 17.5 Å². The molecule has 0 saturated carbocycles. The maximum Gasteiger partial charge on any atom is 0.262 e. The molecule has 0 aliphatic heterocycles. The van der Waals surface area contributed by atoms with Crippen molar-refractivity contribution in [2.45, 2.75) is 0 Å². The molecule has 4 aromatic rings. The fraction of sp³-hybridized carbons (Fsp3) is 0.0476. The molecule has 0 spiro atoms. The third-order valence-corrected chi connectivity index (χ3v) is 3.89. The maximum absolute atomic E-state index is 13.9. The molecule has 0 bridgehead atoms. The minimum atomic E-state index is -0.407. The van der Waals surface area contributed by atoms with Gasteiger partial charge in [0.2, 0.25) is 5.89 Å². The van der Waals surface area contributed by atoms with E-state index in [9.17, 15) is 9.18 Å². The van der Waals surface area contributed by atoms with Crippen LogP contribution in [0.4, 0.5) is 10.1 Å². The predicted molar refractivity (Wildman–Crippen MR) is 100.0 cm³/mol. The summed E-state index contributed by atoms with van der Waals surface area (Å²) in [6, 6.07) is 20.4. The topological polar surface area (TPSA) is 64.4 Å². The molecule has 0 atom stereocenters. The number of aromatic nitrogens is 1. The standard InChI is InChI=1S/C21H15FN2O3/c22-17-9-5-4-8-16(17)21-24-18-11-10-14(12-19(18)27-21)23-20(25)13-26-15-6-2-1-3-7-15/h1-12H,13H2,(H,23,25). The van der Waals surface area contributed by atoms with E-state index in [1.807, 2.05) is 18.2 Å². The van der Waals surface area contributed by atoms with E-state index in [2.05, 4.69) is 10.3 Å². The first-order chi connectivity index (χ1) is 13.2. The summed E-state index contributed by atoms with van der Waals surface area (Å²) in [5, 5.41) is 2.74. The molecule has 0 unspecified atom stereocenters. The summed E-state index contributed by atoms with van der Waals surface area (Å²) in [5.74, 6) is 0.106. The number of fused-ring (bicyclic) bond motifs is 1. The fourth-order valence-electron chi connectivity index (χ4n) is 2.61. The molecule has 0 radical (unpaired) electrons. The second-order valence-corrected chi connectivity index (χ2v) is 5.83. The van der Waals surface area contributed by atoms with E-state index in [0.717, 1.165) is 0 Å². The van der Waals surface area contributed by atoms with Crippen LogP contribution < -0.4 is 10.1 Å². The molecule has 134 valence electrons. The van der Waals surface area contributed by atoms with Crippen molar-refractivity contribution in [1.29, 1.82) is 0 Å². The van der Waals surface area contributed by atoms with Gasteiger partial charge in [0.05, 0.1) is 5.56 Å². The summed E-state index contributed by atoms with van der Waals surface area (Å²) >= 11 is 0. The highest BCUT2D eigenvalue weighted by Gasteiger charge is 2.13. The summed E-state index contributed by atoms with van der Waals surface area (Å²) in [6.07, 6.45) is 0. The van der Waals surface area contributed by atoms with Gasteiger partial charge in [-0.05, 0) is 36.4 Å². The smallest absolute Gasteiger partial charge is 0.262 e. The molecule has 1 aromatic heterocycles. The number of oxazole rings is 1. The normalized spacial score (nSPS) is 10.7. The van der Waals surface area contributed by atoms with Gasteiger partial charge in [0.1, 0.15) is 17.1 Å². The Labute approximate surface area is 154 Å². The molecular formula is C21H15FN2O3. The molecule has 4 rings (SSSR count). The lowest BCUT2D eigenvalue weighted by Gasteiger charge is -2.07. The van der Waals surface area contributed by atoms with Crippen molar-refractivity contribution in [3.8, 4) is 17.2 Å². The third kappa shape index (κ3) is 3.79. The van der Waals surface area contributed by atoms with Crippen LogP contribution in [0.2, 0.25) is 0 Å². The highest BCUT2D eigenvalue weighted by molar-refractivity contribution is 5.93. The van der Waals surface area contributed by atoms with Crippen LogP contribution in [0.15, 0.2) is 77.2 Å². The molecule has 0 aliphatic carbocycles. The van der Waals surface area contributed by atoms with E-state index in [0.29, 0.717) is 22.5 Å². The molecule has 6 heteroatoms. The van der Waals surface area contributed by atoms with Gasteiger partial charge < -0.3 is 14.5 Å². The number of amides is 1. The average molecular weight is 362 g/mol. The molecule has 3 aromatic carbocycles. The highest BCUT2D eigenvalue weighted by Crippen LogP contribution is 2.27. The Balaban J connectivity index is 1.48. The van der Waals surface area contributed by atoms with Crippen molar-refractivity contribution < 1.29 is 18.3 Å². The lowest BCUT2D eigenvalue weighted by molar-refractivity contribution is -0.118. The van der Waals surface area contributed by atoms with Crippen LogP contribution in [0.1, 0.15) is 0 Å². The Kier molecular flexibility index (Phi) is 4.53. The lowest BCUT2D eigenvalue weighted by Crippen LogP contribution is -2.20. The van der Waals surface area contributed by atoms with Gasteiger partial charge >= 0.3 is 0 Å². The molecule has 5 nitrogen and oxygen atoms in total. The number of carbonyl (C=O) groups is 1. The Bertz CT molecular complexity index is 1090. The SMILES string of the molecule is O=C(COc1ccccc1)Nc1ccc2nc(-c3ccccc3F)oc2c1. The van der Waals surface area contributed by atoms with Crippen LogP contribution in [-0.2, 0) is 4.79 Å². The molecule has 0 fully saturated rings. The molecule has 1 amide bonds. The molecule has 27 heavy (non-hydrogen) atoms. The predicted octanol–water partition coefficient (Wildman–Crippen LogP) is 4.65. The fourth-order valence-corrected chi connectivity index (χ4v) is 2.61. The van der Waals surface area contributed by atoms with Gasteiger partial charge in [0.25, 0.3) is 5.91 Å². The Hall–Kier alpha value is -3.67. The molecule has 0 saturated heterocycles. The summed E-state index contributed by atoms with van der Waals surface area (Å²) in [7, 11) is 0. The first-order valence-corrected chi connectivity index (χ1v) is 8.32. The van der Waals surface area contributed by atoms with Gasteiger partial charge in [0, 0.05) is 11.8 Å². The number of hydrogen-bond acceptors (Lipinski definition) is 4. The van der Waals surface area contributed by atoms with Crippen molar-refractivity contribution in [3.05, 3.63) is 78.6 Å². The van der Waals surface area contributed by atoms with Gasteiger partial charge in [-0.25, -0.2) is 9.37 Å². The maximum atomic E-state index is 13.9. The number of para-hydroxylation sites is 1. The van der Waals surface area contributed by atoms with E-state index in [1.54, 1.807) is 48.5 Å². The van der Waals surface area contributed by atoms with Crippen molar-refractivity contribution in [2.75, 3.05) is 11.9 Å². The van der Waals surface area contributed by atoms with Gasteiger partial charge in [-0.3, -0.25) is 4.79 Å². The number of nitrogens with zero attached hydrogens (tertiary/aromatic N) is 1. The minimum Gasteiger partial charge on any atom is -0.484 e. The monoisotopic (exact) mass is 362 g/mol. The zero-order valence-electron chi connectivity index (χ0n) is 14.2. The van der Waals surface area contributed by atoms with E-state index < -0.39 is 5.82 Å². The van der Waals surface area contributed by atoms with Gasteiger partial charge in [-0.2, -0.15) is 0 Å². The number of nitrogens with one attached hydrogen (secondary N) is 1. The number of benzene rings is 3.